The van der Waals surface area contributed by atoms with E-state index in [9.17, 15) is 9.00 Å². The van der Waals surface area contributed by atoms with E-state index in [0.29, 0.717) is 6.42 Å². The van der Waals surface area contributed by atoms with Gasteiger partial charge < -0.3 is 10.4 Å². The van der Waals surface area contributed by atoms with E-state index in [4.69, 9.17) is 0 Å². The van der Waals surface area contributed by atoms with Gasteiger partial charge in [-0.05, 0) is 24.6 Å². The predicted molar refractivity (Wildman–Crippen MR) is 69.4 cm³/mol. The zero-order chi connectivity index (χ0) is 12.1. The van der Waals surface area contributed by atoms with Crippen molar-refractivity contribution >= 4 is 16.7 Å². The highest BCUT2D eigenvalue weighted by Gasteiger charge is 2.07. The van der Waals surface area contributed by atoms with Gasteiger partial charge in [-0.1, -0.05) is 12.1 Å². The first-order valence-corrected chi connectivity index (χ1v) is 6.76. The first kappa shape index (κ1) is 15.8. The average molecular weight is 257 g/mol. The van der Waals surface area contributed by atoms with Gasteiger partial charge in [0.2, 0.25) is 5.91 Å². The maximum atomic E-state index is 11.6. The number of carbonyl (C=O) groups is 1. The molecule has 0 radical (unpaired) electrons. The molecule has 0 heterocycles. The second kappa shape index (κ2) is 7.19. The molecule has 1 aromatic carbocycles. The zero-order valence-corrected chi connectivity index (χ0v) is 11.2. The molecule has 0 bridgehead atoms. The number of rotatable bonds is 4. The van der Waals surface area contributed by atoms with Crippen LogP contribution in [0.4, 0.5) is 0 Å². The van der Waals surface area contributed by atoms with Crippen LogP contribution in [0.2, 0.25) is 0 Å². The van der Waals surface area contributed by atoms with Crippen molar-refractivity contribution in [1.29, 1.82) is 0 Å². The quantitative estimate of drug-likeness (QED) is 0.793. The number of carbonyl (C=O) groups excluding carboxylic acids is 1. The lowest BCUT2D eigenvalue weighted by molar-refractivity contribution is -0.128. The number of amides is 1. The van der Waals surface area contributed by atoms with E-state index in [0.717, 1.165) is 17.0 Å². The molecule has 5 heteroatoms. The van der Waals surface area contributed by atoms with Gasteiger partial charge in [-0.25, -0.2) is 0 Å². The van der Waals surface area contributed by atoms with Crippen LogP contribution in [0.5, 0.6) is 0 Å². The first-order chi connectivity index (χ1) is 7.54. The van der Waals surface area contributed by atoms with E-state index in [1.165, 1.54) is 0 Å². The molecular weight excluding hydrogens is 238 g/mol. The molecule has 0 aliphatic heterocycles. The lowest BCUT2D eigenvalue weighted by Crippen LogP contribution is -2.27. The SMILES string of the molecule is CCN(C)C(=O)Cc1ccc(S(C)=O)cc1.O. The van der Waals surface area contributed by atoms with Crippen LogP contribution < -0.4 is 0 Å². The minimum absolute atomic E-state index is 0. The molecule has 1 atom stereocenters. The van der Waals surface area contributed by atoms with Crippen molar-refractivity contribution in [3.63, 3.8) is 0 Å². The highest BCUT2D eigenvalue weighted by molar-refractivity contribution is 7.84. The Kier molecular flexibility index (Phi) is 6.68. The summed E-state index contributed by atoms with van der Waals surface area (Å²) in [5, 5.41) is 0. The molecule has 0 aromatic heterocycles. The van der Waals surface area contributed by atoms with Gasteiger partial charge in [-0.2, -0.15) is 0 Å². The van der Waals surface area contributed by atoms with Gasteiger partial charge in [0.25, 0.3) is 0 Å². The molecule has 17 heavy (non-hydrogen) atoms. The van der Waals surface area contributed by atoms with Crippen molar-refractivity contribution in [2.75, 3.05) is 19.8 Å². The summed E-state index contributed by atoms with van der Waals surface area (Å²) in [5.74, 6) is 0.105. The Morgan fingerprint density at radius 1 is 1.29 bits per heavy atom. The third-order valence-electron chi connectivity index (χ3n) is 2.51. The molecule has 1 unspecified atom stereocenters. The van der Waals surface area contributed by atoms with Crippen LogP contribution >= 0.6 is 0 Å². The number of nitrogens with zero attached hydrogens (tertiary/aromatic N) is 1. The number of hydrogen-bond acceptors (Lipinski definition) is 2. The largest absolute Gasteiger partial charge is 0.412 e. The Morgan fingerprint density at radius 3 is 2.24 bits per heavy atom. The van der Waals surface area contributed by atoms with Crippen LogP contribution in [0.3, 0.4) is 0 Å². The fraction of sp³-hybridized carbons (Fsp3) is 0.417. The Morgan fingerprint density at radius 2 is 1.82 bits per heavy atom. The van der Waals surface area contributed by atoms with Crippen LogP contribution in [0, 0.1) is 0 Å². The fourth-order valence-corrected chi connectivity index (χ4v) is 1.80. The predicted octanol–water partition coefficient (Wildman–Crippen LogP) is 0.620. The van der Waals surface area contributed by atoms with Crippen molar-refractivity contribution in [3.8, 4) is 0 Å². The summed E-state index contributed by atoms with van der Waals surface area (Å²) in [4.78, 5) is 14.1. The summed E-state index contributed by atoms with van der Waals surface area (Å²) in [6, 6.07) is 7.34. The highest BCUT2D eigenvalue weighted by Crippen LogP contribution is 2.08. The minimum Gasteiger partial charge on any atom is -0.412 e. The molecule has 1 amide bonds. The average Bonchev–Trinajstić information content (AvgIpc) is 2.28. The van der Waals surface area contributed by atoms with E-state index in [-0.39, 0.29) is 11.4 Å². The Balaban J connectivity index is 0.00000256. The summed E-state index contributed by atoms with van der Waals surface area (Å²) >= 11 is 0. The van der Waals surface area contributed by atoms with Crippen molar-refractivity contribution in [2.45, 2.75) is 18.2 Å². The van der Waals surface area contributed by atoms with Crippen molar-refractivity contribution < 1.29 is 14.5 Å². The molecule has 0 aliphatic rings. The molecule has 1 aromatic rings. The fourth-order valence-electron chi connectivity index (χ4n) is 1.28. The smallest absolute Gasteiger partial charge is 0.226 e. The molecule has 0 saturated carbocycles. The third kappa shape index (κ3) is 4.66. The maximum absolute atomic E-state index is 11.6. The van der Waals surface area contributed by atoms with E-state index in [2.05, 4.69) is 0 Å². The van der Waals surface area contributed by atoms with Gasteiger partial charge in [-0.3, -0.25) is 9.00 Å². The maximum Gasteiger partial charge on any atom is 0.226 e. The van der Waals surface area contributed by atoms with E-state index in [1.807, 2.05) is 31.2 Å². The molecular formula is C12H19NO3S. The lowest BCUT2D eigenvalue weighted by Gasteiger charge is -2.14. The van der Waals surface area contributed by atoms with Gasteiger partial charge in [0.15, 0.2) is 0 Å². The van der Waals surface area contributed by atoms with Crippen LogP contribution in [0.25, 0.3) is 0 Å². The van der Waals surface area contributed by atoms with Gasteiger partial charge in [0.05, 0.1) is 6.42 Å². The molecule has 0 fully saturated rings. The summed E-state index contributed by atoms with van der Waals surface area (Å²) in [6.07, 6.45) is 2.05. The summed E-state index contributed by atoms with van der Waals surface area (Å²) in [7, 11) is 0.834. The summed E-state index contributed by atoms with van der Waals surface area (Å²) in [6.45, 7) is 2.66. The van der Waals surface area contributed by atoms with Gasteiger partial charge in [-0.15, -0.1) is 0 Å². The molecule has 0 aliphatic carbocycles. The monoisotopic (exact) mass is 257 g/mol. The summed E-state index contributed by atoms with van der Waals surface area (Å²) in [5.41, 5.74) is 0.958. The Labute approximate surface area is 104 Å². The Bertz CT molecular complexity index is 389. The molecule has 0 saturated heterocycles. The number of benzene rings is 1. The topological polar surface area (TPSA) is 68.9 Å². The third-order valence-corrected chi connectivity index (χ3v) is 3.45. The van der Waals surface area contributed by atoms with Gasteiger partial charge in [0, 0.05) is 35.5 Å². The Hall–Kier alpha value is -1.20. The van der Waals surface area contributed by atoms with Crippen molar-refractivity contribution in [3.05, 3.63) is 29.8 Å². The van der Waals surface area contributed by atoms with E-state index < -0.39 is 10.8 Å². The minimum atomic E-state index is -0.956. The molecule has 4 nitrogen and oxygen atoms in total. The van der Waals surface area contributed by atoms with Gasteiger partial charge in [0.1, 0.15) is 0 Å². The highest BCUT2D eigenvalue weighted by atomic mass is 32.2. The van der Waals surface area contributed by atoms with Gasteiger partial charge >= 0.3 is 0 Å². The van der Waals surface area contributed by atoms with Crippen LogP contribution in [-0.2, 0) is 22.0 Å². The normalized spacial score (nSPS) is 11.5. The lowest BCUT2D eigenvalue weighted by atomic mass is 10.1. The van der Waals surface area contributed by atoms with E-state index in [1.54, 1.807) is 18.2 Å². The van der Waals surface area contributed by atoms with Crippen LogP contribution in [0.1, 0.15) is 12.5 Å². The van der Waals surface area contributed by atoms with Crippen LogP contribution in [-0.4, -0.2) is 40.3 Å². The first-order valence-electron chi connectivity index (χ1n) is 5.21. The summed E-state index contributed by atoms with van der Waals surface area (Å²) < 4.78 is 11.2. The second-order valence-corrected chi connectivity index (χ2v) is 5.06. The second-order valence-electron chi connectivity index (χ2n) is 3.68. The molecule has 96 valence electrons. The van der Waals surface area contributed by atoms with Crippen LogP contribution in [0.15, 0.2) is 29.2 Å². The number of hydrogen-bond donors (Lipinski definition) is 0. The molecule has 2 N–H and O–H groups in total. The zero-order valence-electron chi connectivity index (χ0n) is 10.4. The van der Waals surface area contributed by atoms with E-state index >= 15 is 0 Å². The molecule has 1 rings (SSSR count). The number of likely N-dealkylation sites (N-methyl/N-ethyl adjacent to an activating group) is 1. The standard InChI is InChI=1S/C12H17NO2S.H2O/c1-4-13(2)12(14)9-10-5-7-11(8-6-10)16(3)15;/h5-8H,4,9H2,1-3H3;1H2. The molecule has 0 spiro atoms. The van der Waals surface area contributed by atoms with Crippen molar-refractivity contribution in [2.24, 2.45) is 0 Å². The van der Waals surface area contributed by atoms with Crippen molar-refractivity contribution in [1.82, 2.24) is 4.90 Å².